The first-order chi connectivity index (χ1) is 16.8. The van der Waals surface area contributed by atoms with Gasteiger partial charge in [0, 0.05) is 17.1 Å². The lowest BCUT2D eigenvalue weighted by atomic mass is 10.1. The van der Waals surface area contributed by atoms with Crippen LogP contribution in [0, 0.1) is 18.3 Å². The number of hydrogen-bond acceptors (Lipinski definition) is 7. The van der Waals surface area contributed by atoms with Gasteiger partial charge in [-0.15, -0.1) is 11.8 Å². The number of ether oxygens (including phenoxy) is 2. The standard InChI is InChI=1S/C26H28N4O3S2/c1-16(2)13-23-29-30-24(27)20(25(31)28-26(30)35-23)14-18-7-10-21(22(15-18)32-4)33-11-12-34-19-8-5-17(3)6-9-19/h5-10,14-16,27H,11-13H2,1-4H3/b20-14-,27-24?. The Morgan fingerprint density at radius 2 is 1.94 bits per heavy atom. The summed E-state index contributed by atoms with van der Waals surface area (Å²) >= 11 is 3.09. The number of methoxy groups -OCH3 is 1. The number of hydrogen-bond donors (Lipinski definition) is 1. The Balaban J connectivity index is 1.43. The number of nitrogens with zero attached hydrogens (tertiary/aromatic N) is 3. The zero-order valence-electron chi connectivity index (χ0n) is 20.2. The summed E-state index contributed by atoms with van der Waals surface area (Å²) in [5, 5.41) is 15.8. The van der Waals surface area contributed by atoms with Gasteiger partial charge in [-0.2, -0.15) is 15.1 Å². The van der Waals surface area contributed by atoms with Gasteiger partial charge < -0.3 is 9.47 Å². The number of nitrogens with one attached hydrogen (secondary N) is 1. The summed E-state index contributed by atoms with van der Waals surface area (Å²) in [5.74, 6) is 2.01. The summed E-state index contributed by atoms with van der Waals surface area (Å²) in [7, 11) is 1.58. The fourth-order valence-corrected chi connectivity index (χ4v) is 5.30. The minimum absolute atomic E-state index is 0.0266. The Labute approximate surface area is 214 Å². The number of thioether (sulfide) groups is 2. The maximum Gasteiger partial charge on any atom is 0.283 e. The highest BCUT2D eigenvalue weighted by Gasteiger charge is 2.35. The monoisotopic (exact) mass is 508 g/mol. The van der Waals surface area contributed by atoms with Crippen molar-refractivity contribution in [2.45, 2.75) is 32.1 Å². The van der Waals surface area contributed by atoms with E-state index in [2.05, 4.69) is 55.1 Å². The maximum atomic E-state index is 12.7. The van der Waals surface area contributed by atoms with E-state index in [-0.39, 0.29) is 11.4 Å². The van der Waals surface area contributed by atoms with Crippen LogP contribution in [0.2, 0.25) is 0 Å². The fourth-order valence-electron chi connectivity index (χ4n) is 3.47. The number of amides is 1. The Hall–Kier alpha value is -3.04. The summed E-state index contributed by atoms with van der Waals surface area (Å²) in [4.78, 5) is 18.0. The highest BCUT2D eigenvalue weighted by molar-refractivity contribution is 8.26. The molecule has 4 rings (SSSR count). The lowest BCUT2D eigenvalue weighted by molar-refractivity contribution is -0.114. The molecule has 0 spiro atoms. The van der Waals surface area contributed by atoms with E-state index in [0.29, 0.717) is 34.8 Å². The summed E-state index contributed by atoms with van der Waals surface area (Å²) < 4.78 is 11.4. The van der Waals surface area contributed by atoms with Gasteiger partial charge in [-0.3, -0.25) is 10.2 Å². The van der Waals surface area contributed by atoms with Crippen LogP contribution in [0.1, 0.15) is 31.4 Å². The van der Waals surface area contributed by atoms with E-state index in [1.807, 2.05) is 12.1 Å². The van der Waals surface area contributed by atoms with E-state index in [9.17, 15) is 4.79 Å². The Bertz CT molecular complexity index is 1220. The molecule has 0 fully saturated rings. The van der Waals surface area contributed by atoms with Crippen molar-refractivity contribution in [1.82, 2.24) is 5.01 Å². The van der Waals surface area contributed by atoms with Crippen LogP contribution in [-0.2, 0) is 4.79 Å². The molecule has 35 heavy (non-hydrogen) atoms. The molecule has 0 saturated heterocycles. The van der Waals surface area contributed by atoms with Gasteiger partial charge in [-0.05, 0) is 60.5 Å². The molecule has 0 aliphatic carbocycles. The van der Waals surface area contributed by atoms with Crippen LogP contribution < -0.4 is 9.47 Å². The largest absolute Gasteiger partial charge is 0.493 e. The summed E-state index contributed by atoms with van der Waals surface area (Å²) in [6.07, 6.45) is 2.42. The van der Waals surface area contributed by atoms with E-state index in [0.717, 1.165) is 17.2 Å². The van der Waals surface area contributed by atoms with Gasteiger partial charge in [0.05, 0.1) is 19.3 Å². The van der Waals surface area contributed by atoms with E-state index < -0.39 is 5.91 Å². The fraction of sp³-hybridized carbons (Fsp3) is 0.308. The minimum atomic E-state index is -0.442. The van der Waals surface area contributed by atoms with Gasteiger partial charge in [0.15, 0.2) is 17.3 Å². The zero-order chi connectivity index (χ0) is 24.9. The lowest BCUT2D eigenvalue weighted by Crippen LogP contribution is -2.35. The van der Waals surface area contributed by atoms with Crippen LogP contribution in [0.25, 0.3) is 6.08 Å². The van der Waals surface area contributed by atoms with Gasteiger partial charge in [-0.25, -0.2) is 0 Å². The number of carbonyl (C=O) groups excluding carboxylic acids is 1. The lowest BCUT2D eigenvalue weighted by Gasteiger charge is -2.20. The molecule has 1 N–H and O–H groups in total. The molecule has 2 heterocycles. The van der Waals surface area contributed by atoms with Gasteiger partial charge in [0.2, 0.25) is 5.17 Å². The number of aryl methyl sites for hydroxylation is 1. The Kier molecular flexibility index (Phi) is 7.97. The van der Waals surface area contributed by atoms with E-state index in [1.165, 1.54) is 27.2 Å². The van der Waals surface area contributed by atoms with Gasteiger partial charge in [-0.1, -0.05) is 37.6 Å². The van der Waals surface area contributed by atoms with Crippen LogP contribution in [-0.4, -0.2) is 46.4 Å². The van der Waals surface area contributed by atoms with Crippen LogP contribution in [0.4, 0.5) is 0 Å². The molecular weight excluding hydrogens is 480 g/mol. The highest BCUT2D eigenvalue weighted by atomic mass is 32.2. The second-order valence-corrected chi connectivity index (χ2v) is 10.7. The second-order valence-electron chi connectivity index (χ2n) is 8.53. The number of amidine groups is 2. The molecule has 7 nitrogen and oxygen atoms in total. The number of benzene rings is 2. The van der Waals surface area contributed by atoms with Crippen molar-refractivity contribution in [2.75, 3.05) is 19.5 Å². The van der Waals surface area contributed by atoms with Crippen molar-refractivity contribution in [3.8, 4) is 11.5 Å². The third-order valence-corrected chi connectivity index (χ3v) is 7.12. The molecule has 2 aromatic rings. The molecule has 1 amide bonds. The van der Waals surface area contributed by atoms with Crippen molar-refractivity contribution >= 4 is 51.6 Å². The van der Waals surface area contributed by atoms with Crippen molar-refractivity contribution in [2.24, 2.45) is 16.0 Å². The van der Waals surface area contributed by atoms with Crippen LogP contribution in [0.15, 0.2) is 63.0 Å². The number of fused-ring (bicyclic) bond motifs is 1. The molecule has 182 valence electrons. The number of aliphatic imine (C=N–C) groups is 1. The number of hydrazone groups is 1. The molecular formula is C26H28N4O3S2. The van der Waals surface area contributed by atoms with Crippen LogP contribution >= 0.6 is 23.5 Å². The van der Waals surface area contributed by atoms with Crippen LogP contribution in [0.5, 0.6) is 11.5 Å². The van der Waals surface area contributed by atoms with Crippen molar-refractivity contribution in [1.29, 1.82) is 5.41 Å². The molecule has 9 heteroatoms. The number of carbonyl (C=O) groups is 1. The zero-order valence-corrected chi connectivity index (χ0v) is 21.8. The number of rotatable bonds is 9. The minimum Gasteiger partial charge on any atom is -0.493 e. The summed E-state index contributed by atoms with van der Waals surface area (Å²) in [6, 6.07) is 13.9. The average molecular weight is 509 g/mol. The molecule has 2 aliphatic rings. The highest BCUT2D eigenvalue weighted by Crippen LogP contribution is 2.32. The molecule has 0 unspecified atom stereocenters. The van der Waals surface area contributed by atoms with Gasteiger partial charge in [0.25, 0.3) is 5.91 Å². The van der Waals surface area contributed by atoms with E-state index in [4.69, 9.17) is 14.9 Å². The first-order valence-electron chi connectivity index (χ1n) is 11.3. The molecule has 2 aromatic carbocycles. The molecule has 0 radical (unpaired) electrons. The Morgan fingerprint density at radius 3 is 2.66 bits per heavy atom. The van der Waals surface area contributed by atoms with Crippen molar-refractivity contribution in [3.63, 3.8) is 0 Å². The van der Waals surface area contributed by atoms with Crippen molar-refractivity contribution in [3.05, 3.63) is 59.2 Å². The molecule has 0 bridgehead atoms. The second kappa shape index (κ2) is 11.1. The molecule has 0 saturated carbocycles. The van der Waals surface area contributed by atoms with Gasteiger partial charge >= 0.3 is 0 Å². The smallest absolute Gasteiger partial charge is 0.283 e. The topological polar surface area (TPSA) is 87.3 Å². The van der Waals surface area contributed by atoms with E-state index >= 15 is 0 Å². The van der Waals surface area contributed by atoms with Crippen LogP contribution in [0.3, 0.4) is 0 Å². The molecule has 2 aliphatic heterocycles. The normalized spacial score (nSPS) is 16.5. The average Bonchev–Trinajstić information content (AvgIpc) is 3.22. The quantitative estimate of drug-likeness (QED) is 0.260. The SMILES string of the molecule is COc1cc(/C=C2/C(=N)N3N=C(CC(C)C)SC3=NC2=O)ccc1OCCSc1ccc(C)cc1. The summed E-state index contributed by atoms with van der Waals surface area (Å²) in [6.45, 7) is 6.81. The summed E-state index contributed by atoms with van der Waals surface area (Å²) in [5.41, 5.74) is 2.15. The first-order valence-corrected chi connectivity index (χ1v) is 13.1. The predicted molar refractivity (Wildman–Crippen MR) is 145 cm³/mol. The van der Waals surface area contributed by atoms with Crippen molar-refractivity contribution < 1.29 is 14.3 Å². The predicted octanol–water partition coefficient (Wildman–Crippen LogP) is 5.84. The third kappa shape index (κ3) is 6.15. The van der Waals surface area contributed by atoms with E-state index in [1.54, 1.807) is 31.0 Å². The third-order valence-electron chi connectivity index (χ3n) is 5.21. The first kappa shape index (κ1) is 25.1. The maximum absolute atomic E-state index is 12.7. The van der Waals surface area contributed by atoms with Gasteiger partial charge in [0.1, 0.15) is 5.04 Å². The Morgan fingerprint density at radius 1 is 1.17 bits per heavy atom. The molecule has 0 atom stereocenters. The molecule has 0 aromatic heterocycles.